The number of hydrogen-bond donors (Lipinski definition) is 1. The molecule has 2 N–H and O–H groups in total. The normalized spacial score (nSPS) is 14.8. The largest absolute Gasteiger partial charge is 0.377 e. The fourth-order valence-electron chi connectivity index (χ4n) is 2.15. The zero-order valence-corrected chi connectivity index (χ0v) is 12.0. The van der Waals surface area contributed by atoms with E-state index in [1.165, 1.54) is 5.56 Å². The molecule has 1 rings (SSSR count). The van der Waals surface area contributed by atoms with Crippen LogP contribution in [0.15, 0.2) is 18.3 Å². The Morgan fingerprint density at radius 1 is 1.28 bits per heavy atom. The zero-order chi connectivity index (χ0) is 13.5. The monoisotopic (exact) mass is 250 g/mol. The van der Waals surface area contributed by atoms with Gasteiger partial charge in [0.05, 0.1) is 6.10 Å². The predicted molar refractivity (Wildman–Crippen MR) is 75.5 cm³/mol. The smallest absolute Gasteiger partial charge is 0.0752 e. The van der Waals surface area contributed by atoms with Gasteiger partial charge in [-0.25, -0.2) is 0 Å². The maximum absolute atomic E-state index is 6.24. The second kappa shape index (κ2) is 7.49. The number of aryl methyl sites for hydroxylation is 1. The van der Waals surface area contributed by atoms with Crippen LogP contribution in [0.5, 0.6) is 0 Å². The molecule has 3 nitrogen and oxygen atoms in total. The Labute approximate surface area is 111 Å². The highest BCUT2D eigenvalue weighted by molar-refractivity contribution is 5.14. The van der Waals surface area contributed by atoms with E-state index in [1.807, 2.05) is 13.1 Å². The first-order chi connectivity index (χ1) is 8.58. The van der Waals surface area contributed by atoms with Crippen LogP contribution in [0.25, 0.3) is 0 Å². The van der Waals surface area contributed by atoms with Crippen molar-refractivity contribution < 1.29 is 4.74 Å². The summed E-state index contributed by atoms with van der Waals surface area (Å²) in [5, 5.41) is 0. The van der Waals surface area contributed by atoms with Gasteiger partial charge in [-0.15, -0.1) is 0 Å². The summed E-state index contributed by atoms with van der Waals surface area (Å²) in [4.78, 5) is 4.46. The molecule has 0 aliphatic heterocycles. The second-order valence-electron chi connectivity index (χ2n) is 5.04. The first-order valence-electron chi connectivity index (χ1n) is 6.89. The lowest BCUT2D eigenvalue weighted by atomic mass is 9.96. The van der Waals surface area contributed by atoms with Crippen molar-refractivity contribution in [2.75, 3.05) is 6.61 Å². The molecule has 0 saturated carbocycles. The molecule has 1 aromatic heterocycles. The summed E-state index contributed by atoms with van der Waals surface area (Å²) in [7, 11) is 0. The van der Waals surface area contributed by atoms with E-state index in [0.29, 0.717) is 12.5 Å². The lowest BCUT2D eigenvalue weighted by Crippen LogP contribution is -2.42. The molecule has 0 radical (unpaired) electrons. The Hall–Kier alpha value is -0.930. The van der Waals surface area contributed by atoms with E-state index in [-0.39, 0.29) is 12.1 Å². The Morgan fingerprint density at radius 3 is 2.44 bits per heavy atom. The fourth-order valence-corrected chi connectivity index (χ4v) is 2.15. The van der Waals surface area contributed by atoms with Gasteiger partial charge in [0.2, 0.25) is 0 Å². The minimum Gasteiger partial charge on any atom is -0.377 e. The molecule has 0 spiro atoms. The maximum Gasteiger partial charge on any atom is 0.0752 e. The van der Waals surface area contributed by atoms with E-state index in [2.05, 4.69) is 37.9 Å². The molecule has 1 aromatic rings. The first kappa shape index (κ1) is 15.1. The van der Waals surface area contributed by atoms with Crippen molar-refractivity contribution in [3.05, 3.63) is 29.6 Å². The van der Waals surface area contributed by atoms with Gasteiger partial charge in [0.25, 0.3) is 0 Å². The molecule has 0 aliphatic carbocycles. The van der Waals surface area contributed by atoms with Crippen molar-refractivity contribution in [3.8, 4) is 0 Å². The molecule has 0 aromatic carbocycles. The number of aromatic nitrogens is 1. The van der Waals surface area contributed by atoms with Gasteiger partial charge in [-0.1, -0.05) is 26.8 Å². The third-order valence-electron chi connectivity index (χ3n) is 3.18. The van der Waals surface area contributed by atoms with Crippen molar-refractivity contribution in [1.82, 2.24) is 4.98 Å². The average Bonchev–Trinajstić information content (AvgIpc) is 2.36. The van der Waals surface area contributed by atoms with Gasteiger partial charge in [-0.2, -0.15) is 0 Å². The maximum atomic E-state index is 6.24. The topological polar surface area (TPSA) is 48.1 Å². The molecule has 0 saturated heterocycles. The van der Waals surface area contributed by atoms with Gasteiger partial charge in [0.15, 0.2) is 0 Å². The minimum absolute atomic E-state index is 0.00456. The van der Waals surface area contributed by atoms with Crippen LogP contribution in [-0.2, 0) is 17.6 Å². The number of nitrogens with two attached hydrogens (primary N) is 1. The number of hydrogen-bond acceptors (Lipinski definition) is 3. The van der Waals surface area contributed by atoms with Crippen LogP contribution in [0.1, 0.15) is 39.0 Å². The van der Waals surface area contributed by atoms with Crippen molar-refractivity contribution in [2.24, 2.45) is 11.7 Å². The van der Waals surface area contributed by atoms with Crippen LogP contribution in [0.4, 0.5) is 0 Å². The van der Waals surface area contributed by atoms with E-state index >= 15 is 0 Å². The minimum atomic E-state index is 0.00456. The lowest BCUT2D eigenvalue weighted by molar-refractivity contribution is 0.0126. The van der Waals surface area contributed by atoms with Crippen LogP contribution in [0.2, 0.25) is 0 Å². The molecule has 0 bridgehead atoms. The summed E-state index contributed by atoms with van der Waals surface area (Å²) in [5.74, 6) is 0.426. The fraction of sp³-hybridized carbons (Fsp3) is 0.667. The van der Waals surface area contributed by atoms with Gasteiger partial charge in [-0.05, 0) is 30.9 Å². The van der Waals surface area contributed by atoms with Crippen molar-refractivity contribution in [2.45, 2.75) is 52.7 Å². The van der Waals surface area contributed by atoms with Gasteiger partial charge in [0.1, 0.15) is 0 Å². The van der Waals surface area contributed by atoms with Gasteiger partial charge in [-0.3, -0.25) is 4.98 Å². The van der Waals surface area contributed by atoms with Gasteiger partial charge < -0.3 is 10.5 Å². The van der Waals surface area contributed by atoms with Crippen LogP contribution in [0, 0.1) is 5.92 Å². The SMILES string of the molecule is CCOC(C(C)C)C(N)Cc1ccc(CC)cn1. The van der Waals surface area contributed by atoms with Crippen LogP contribution in [0.3, 0.4) is 0 Å². The highest BCUT2D eigenvalue weighted by atomic mass is 16.5. The highest BCUT2D eigenvalue weighted by Crippen LogP contribution is 2.13. The number of nitrogens with zero attached hydrogens (tertiary/aromatic N) is 1. The zero-order valence-electron chi connectivity index (χ0n) is 12.0. The van der Waals surface area contributed by atoms with E-state index in [0.717, 1.165) is 18.5 Å². The molecule has 1 heterocycles. The van der Waals surface area contributed by atoms with Crippen molar-refractivity contribution in [1.29, 1.82) is 0 Å². The Morgan fingerprint density at radius 2 is 2.00 bits per heavy atom. The number of ether oxygens (including phenoxy) is 1. The summed E-state index contributed by atoms with van der Waals surface area (Å²) < 4.78 is 5.73. The molecule has 18 heavy (non-hydrogen) atoms. The van der Waals surface area contributed by atoms with Crippen molar-refractivity contribution >= 4 is 0 Å². The molecule has 102 valence electrons. The van der Waals surface area contributed by atoms with Crippen LogP contribution < -0.4 is 5.73 Å². The predicted octanol–water partition coefficient (Wildman–Crippen LogP) is 2.57. The molecule has 3 heteroatoms. The van der Waals surface area contributed by atoms with E-state index in [9.17, 15) is 0 Å². The Balaban J connectivity index is 2.63. The molecule has 2 unspecified atom stereocenters. The van der Waals surface area contributed by atoms with Gasteiger partial charge in [0, 0.05) is 31.0 Å². The summed E-state index contributed by atoms with van der Waals surface area (Å²) >= 11 is 0. The molecular weight excluding hydrogens is 224 g/mol. The summed E-state index contributed by atoms with van der Waals surface area (Å²) in [6.45, 7) is 9.14. The van der Waals surface area contributed by atoms with E-state index in [1.54, 1.807) is 0 Å². The van der Waals surface area contributed by atoms with E-state index < -0.39 is 0 Å². The number of rotatable bonds is 7. The second-order valence-corrected chi connectivity index (χ2v) is 5.04. The van der Waals surface area contributed by atoms with E-state index in [4.69, 9.17) is 10.5 Å². The standard InChI is InChI=1S/C15H26N2O/c1-5-12-7-8-13(17-10-12)9-14(16)15(11(3)4)18-6-2/h7-8,10-11,14-15H,5-6,9,16H2,1-4H3. The molecule has 0 amide bonds. The number of pyridine rings is 1. The van der Waals surface area contributed by atoms with Gasteiger partial charge >= 0.3 is 0 Å². The van der Waals surface area contributed by atoms with Crippen LogP contribution in [-0.4, -0.2) is 23.7 Å². The quantitative estimate of drug-likeness (QED) is 0.809. The third kappa shape index (κ3) is 4.39. The summed E-state index contributed by atoms with van der Waals surface area (Å²) in [6.07, 6.45) is 3.83. The summed E-state index contributed by atoms with van der Waals surface area (Å²) in [5.41, 5.74) is 8.55. The molecule has 0 fully saturated rings. The van der Waals surface area contributed by atoms with Crippen LogP contribution >= 0.6 is 0 Å². The highest BCUT2D eigenvalue weighted by Gasteiger charge is 2.22. The van der Waals surface area contributed by atoms with Crippen molar-refractivity contribution in [3.63, 3.8) is 0 Å². The lowest BCUT2D eigenvalue weighted by Gasteiger charge is -2.27. The Bertz CT molecular complexity index is 335. The molecule has 2 atom stereocenters. The Kier molecular flexibility index (Phi) is 6.30. The third-order valence-corrected chi connectivity index (χ3v) is 3.18. The molecular formula is C15H26N2O. The average molecular weight is 250 g/mol. The molecule has 0 aliphatic rings. The first-order valence-corrected chi connectivity index (χ1v) is 6.89. The summed E-state index contributed by atoms with van der Waals surface area (Å²) in [6, 6.07) is 4.20.